The van der Waals surface area contributed by atoms with Crippen LogP contribution in [-0.2, 0) is 0 Å². The largest absolute Gasteiger partial charge is 0.391 e. The van der Waals surface area contributed by atoms with Crippen molar-refractivity contribution < 1.29 is 9.90 Å². The lowest BCUT2D eigenvalue weighted by Crippen LogP contribution is -2.45. The van der Waals surface area contributed by atoms with Crippen molar-refractivity contribution in [3.63, 3.8) is 0 Å². The highest BCUT2D eigenvalue weighted by Crippen LogP contribution is 2.22. The molecule has 2 atom stereocenters. The van der Waals surface area contributed by atoms with Gasteiger partial charge in [-0.15, -0.1) is 0 Å². The third kappa shape index (κ3) is 2.90. The molecule has 0 spiro atoms. The van der Waals surface area contributed by atoms with Gasteiger partial charge in [-0.2, -0.15) is 0 Å². The molecule has 112 valence electrons. The van der Waals surface area contributed by atoms with E-state index in [4.69, 9.17) is 0 Å². The normalized spacial score (nSPS) is 23.1. The Morgan fingerprint density at radius 3 is 2.55 bits per heavy atom. The van der Waals surface area contributed by atoms with Gasteiger partial charge in [0.05, 0.1) is 17.7 Å². The molecule has 1 saturated carbocycles. The summed E-state index contributed by atoms with van der Waals surface area (Å²) in [5.41, 5.74) is 2.83. The molecule has 1 aliphatic carbocycles. The second-order valence-electron chi connectivity index (χ2n) is 6.18. The summed E-state index contributed by atoms with van der Waals surface area (Å²) in [5.74, 6) is -0.0593. The molecule has 1 fully saturated rings. The van der Waals surface area contributed by atoms with E-state index in [0.717, 1.165) is 42.6 Å². The molecule has 4 heteroatoms. The summed E-state index contributed by atoms with van der Waals surface area (Å²) in [6.45, 7) is 8.25. The van der Waals surface area contributed by atoms with E-state index in [1.807, 2.05) is 19.9 Å². The third-order valence-electron chi connectivity index (χ3n) is 4.29. The number of carbonyl (C=O) groups excluding carboxylic acids is 1. The molecule has 0 saturated heterocycles. The quantitative estimate of drug-likeness (QED) is 0.893. The number of hydrogen-bond donors (Lipinski definition) is 2. The Balaban J connectivity index is 2.15. The first-order valence-corrected chi connectivity index (χ1v) is 7.59. The molecular formula is C16H26N2O2. The number of aliphatic hydroxyl groups is 1. The lowest BCUT2D eigenvalue weighted by Gasteiger charge is -2.28. The number of rotatable bonds is 3. The summed E-state index contributed by atoms with van der Waals surface area (Å²) < 4.78 is 2.17. The maximum Gasteiger partial charge on any atom is 0.253 e. The standard InChI is InChI=1S/C16H26N2O2/c1-10(2)18-11(3)9-13(12(18)4)16(20)17-14-7-5-6-8-15(14)19/h9-10,14-15,19H,5-8H2,1-4H3,(H,17,20). The number of nitrogens with zero attached hydrogens (tertiary/aromatic N) is 1. The number of aromatic nitrogens is 1. The van der Waals surface area contributed by atoms with Crippen LogP contribution in [0.5, 0.6) is 0 Å². The number of carbonyl (C=O) groups is 1. The fraction of sp³-hybridized carbons (Fsp3) is 0.688. The molecule has 1 aliphatic rings. The summed E-state index contributed by atoms with van der Waals surface area (Å²) in [5, 5.41) is 13.0. The van der Waals surface area contributed by atoms with Crippen LogP contribution in [0.4, 0.5) is 0 Å². The van der Waals surface area contributed by atoms with Crippen LogP contribution in [0.15, 0.2) is 6.07 Å². The zero-order valence-electron chi connectivity index (χ0n) is 12.9. The average molecular weight is 278 g/mol. The van der Waals surface area contributed by atoms with E-state index in [9.17, 15) is 9.90 Å². The smallest absolute Gasteiger partial charge is 0.253 e. The van der Waals surface area contributed by atoms with Crippen molar-refractivity contribution >= 4 is 5.91 Å². The number of aryl methyl sites for hydroxylation is 1. The predicted molar refractivity (Wildman–Crippen MR) is 80.0 cm³/mol. The third-order valence-corrected chi connectivity index (χ3v) is 4.29. The summed E-state index contributed by atoms with van der Waals surface area (Å²) in [6.07, 6.45) is 3.38. The molecule has 20 heavy (non-hydrogen) atoms. The van der Waals surface area contributed by atoms with Gasteiger partial charge >= 0.3 is 0 Å². The Hall–Kier alpha value is -1.29. The van der Waals surface area contributed by atoms with Crippen LogP contribution < -0.4 is 5.32 Å². The Labute approximate surface area is 121 Å². The minimum atomic E-state index is -0.402. The van der Waals surface area contributed by atoms with Gasteiger partial charge in [-0.3, -0.25) is 4.79 Å². The number of hydrogen-bond acceptors (Lipinski definition) is 2. The van der Waals surface area contributed by atoms with Gasteiger partial charge in [0.25, 0.3) is 5.91 Å². The monoisotopic (exact) mass is 278 g/mol. The van der Waals surface area contributed by atoms with Crippen LogP contribution in [0.3, 0.4) is 0 Å². The summed E-state index contributed by atoms with van der Waals surface area (Å²) in [6, 6.07) is 2.19. The molecule has 2 unspecified atom stereocenters. The van der Waals surface area contributed by atoms with Crippen LogP contribution in [0, 0.1) is 13.8 Å². The van der Waals surface area contributed by atoms with E-state index in [0.29, 0.717) is 6.04 Å². The highest BCUT2D eigenvalue weighted by molar-refractivity contribution is 5.96. The van der Waals surface area contributed by atoms with Crippen molar-refractivity contribution in [1.29, 1.82) is 0 Å². The van der Waals surface area contributed by atoms with Gasteiger partial charge < -0.3 is 15.0 Å². The summed E-state index contributed by atoms with van der Waals surface area (Å²) in [4.78, 5) is 12.4. The lowest BCUT2D eigenvalue weighted by molar-refractivity contribution is 0.0716. The van der Waals surface area contributed by atoms with Gasteiger partial charge in [-0.1, -0.05) is 12.8 Å². The first kappa shape index (κ1) is 15.1. The maximum absolute atomic E-state index is 12.4. The Kier molecular flexibility index (Phi) is 4.53. The number of amides is 1. The van der Waals surface area contributed by atoms with Gasteiger partial charge in [0.2, 0.25) is 0 Å². The maximum atomic E-state index is 12.4. The Morgan fingerprint density at radius 1 is 1.35 bits per heavy atom. The predicted octanol–water partition coefficient (Wildman–Crippen LogP) is 2.72. The van der Waals surface area contributed by atoms with Crippen LogP contribution >= 0.6 is 0 Å². The van der Waals surface area contributed by atoms with Crippen LogP contribution in [0.1, 0.15) is 67.3 Å². The number of nitrogens with one attached hydrogen (secondary N) is 1. The van der Waals surface area contributed by atoms with Crippen molar-refractivity contribution in [3.05, 3.63) is 23.0 Å². The number of aliphatic hydroxyl groups excluding tert-OH is 1. The van der Waals surface area contributed by atoms with E-state index in [-0.39, 0.29) is 11.9 Å². The second-order valence-corrected chi connectivity index (χ2v) is 6.18. The fourth-order valence-corrected chi connectivity index (χ4v) is 3.33. The first-order chi connectivity index (χ1) is 9.41. The second kappa shape index (κ2) is 6.00. The minimum absolute atomic E-state index is 0.0593. The minimum Gasteiger partial charge on any atom is -0.391 e. The highest BCUT2D eigenvalue weighted by Gasteiger charge is 2.26. The summed E-state index contributed by atoms with van der Waals surface area (Å²) in [7, 11) is 0. The van der Waals surface area contributed by atoms with Gasteiger partial charge in [-0.25, -0.2) is 0 Å². The van der Waals surface area contributed by atoms with E-state index in [1.54, 1.807) is 0 Å². The Morgan fingerprint density at radius 2 is 2.00 bits per heavy atom. The average Bonchev–Trinajstić information content (AvgIpc) is 2.67. The lowest BCUT2D eigenvalue weighted by atomic mass is 9.92. The van der Waals surface area contributed by atoms with E-state index < -0.39 is 6.10 Å². The molecule has 0 radical (unpaired) electrons. The SMILES string of the molecule is Cc1cc(C(=O)NC2CCCCC2O)c(C)n1C(C)C. The molecule has 4 nitrogen and oxygen atoms in total. The van der Waals surface area contributed by atoms with Crippen molar-refractivity contribution in [1.82, 2.24) is 9.88 Å². The van der Waals surface area contributed by atoms with Crippen LogP contribution in [-0.4, -0.2) is 27.7 Å². The molecule has 0 aromatic carbocycles. The molecule has 1 heterocycles. The van der Waals surface area contributed by atoms with Crippen molar-refractivity contribution in [3.8, 4) is 0 Å². The van der Waals surface area contributed by atoms with Gasteiger partial charge in [0.15, 0.2) is 0 Å². The summed E-state index contributed by atoms with van der Waals surface area (Å²) >= 11 is 0. The molecule has 0 bridgehead atoms. The van der Waals surface area contributed by atoms with Gasteiger partial charge in [0.1, 0.15) is 0 Å². The van der Waals surface area contributed by atoms with Crippen molar-refractivity contribution in [2.45, 2.75) is 71.6 Å². The fourth-order valence-electron chi connectivity index (χ4n) is 3.33. The van der Waals surface area contributed by atoms with Crippen molar-refractivity contribution in [2.75, 3.05) is 0 Å². The van der Waals surface area contributed by atoms with Crippen LogP contribution in [0.25, 0.3) is 0 Å². The molecule has 2 rings (SSSR count). The highest BCUT2D eigenvalue weighted by atomic mass is 16.3. The van der Waals surface area contributed by atoms with E-state index >= 15 is 0 Å². The molecule has 0 aliphatic heterocycles. The van der Waals surface area contributed by atoms with E-state index in [2.05, 4.69) is 23.7 Å². The van der Waals surface area contributed by atoms with Gasteiger partial charge in [0, 0.05) is 17.4 Å². The molecule has 1 amide bonds. The molecule has 2 N–H and O–H groups in total. The molecular weight excluding hydrogens is 252 g/mol. The zero-order valence-corrected chi connectivity index (χ0v) is 12.9. The first-order valence-electron chi connectivity index (χ1n) is 7.59. The zero-order chi connectivity index (χ0) is 14.9. The van der Waals surface area contributed by atoms with Gasteiger partial charge in [-0.05, 0) is 46.6 Å². The van der Waals surface area contributed by atoms with E-state index in [1.165, 1.54) is 0 Å². The molecule has 1 aromatic heterocycles. The van der Waals surface area contributed by atoms with Crippen molar-refractivity contribution in [2.24, 2.45) is 0 Å². The van der Waals surface area contributed by atoms with Crippen LogP contribution in [0.2, 0.25) is 0 Å². The topological polar surface area (TPSA) is 54.3 Å². The Bertz CT molecular complexity index is 491. The molecule has 1 aromatic rings.